The maximum atomic E-state index is 13.1. The molecular weight excluding hydrogens is 1390 g/mol. The summed E-state index contributed by atoms with van der Waals surface area (Å²) in [7, 11) is -0.556. The third-order valence-electron chi connectivity index (χ3n) is 19.5. The van der Waals surface area contributed by atoms with Gasteiger partial charge in [0.15, 0.2) is 0 Å². The number of benzene rings is 2. The summed E-state index contributed by atoms with van der Waals surface area (Å²) in [5.74, 6) is 3.76. The Balaban J connectivity index is 0.000000180. The number of nitrogens with one attached hydrogen (secondary N) is 4. The Kier molecular flexibility index (Phi) is 24.3. The first kappa shape index (κ1) is 76.6. The van der Waals surface area contributed by atoms with Crippen molar-refractivity contribution in [2.75, 3.05) is 135 Å². The highest BCUT2D eigenvalue weighted by molar-refractivity contribution is 14.1. The van der Waals surface area contributed by atoms with Crippen LogP contribution in [0.5, 0.6) is 0 Å². The van der Waals surface area contributed by atoms with Crippen LogP contribution in [0.1, 0.15) is 140 Å². The van der Waals surface area contributed by atoms with Gasteiger partial charge in [-0.1, -0.05) is 31.0 Å². The average Bonchev–Trinajstić information content (AvgIpc) is 1.63. The number of rotatable bonds is 12. The molecule has 22 nitrogen and oxygen atoms in total. The number of nitrogens with zero attached hydrogens (tertiary/aromatic N) is 8. The number of pyridine rings is 2. The van der Waals surface area contributed by atoms with E-state index in [4.69, 9.17) is 38.2 Å². The molecule has 4 aromatic rings. The zero-order chi connectivity index (χ0) is 72.0. The normalized spacial score (nSPS) is 23.1. The number of anilines is 6. The number of morpholine rings is 2. The number of hydrogen-bond donors (Lipinski definition) is 4. The molecule has 7 aliphatic heterocycles. The van der Waals surface area contributed by atoms with Gasteiger partial charge in [0.25, 0.3) is 0 Å². The molecule has 9 heterocycles. The topological polar surface area (TPSA) is 217 Å². The number of alkyl halides is 3. The lowest BCUT2D eigenvalue weighted by atomic mass is 9.76. The van der Waals surface area contributed by atoms with Crippen LogP contribution in [0.25, 0.3) is 11.1 Å². The van der Waals surface area contributed by atoms with E-state index in [1.165, 1.54) is 4.90 Å². The van der Waals surface area contributed by atoms with Crippen molar-refractivity contribution < 1.29 is 60.6 Å². The summed E-state index contributed by atoms with van der Waals surface area (Å²) in [6.45, 7) is 40.5. The minimum Gasteiger partial charge on any atom is -0.444 e. The molecule has 6 amide bonds. The Morgan fingerprint density at radius 3 is 1.46 bits per heavy atom. The van der Waals surface area contributed by atoms with Crippen LogP contribution in [0.2, 0.25) is 0 Å². The van der Waals surface area contributed by atoms with Gasteiger partial charge in [0.2, 0.25) is 0 Å². The molecule has 0 saturated carbocycles. The van der Waals surface area contributed by atoms with Gasteiger partial charge >= 0.3 is 37.5 Å². The third kappa shape index (κ3) is 21.3. The number of halogens is 4. The Labute approximate surface area is 597 Å². The second-order valence-corrected chi connectivity index (χ2v) is 32.2. The second kappa shape index (κ2) is 31.4. The minimum absolute atomic E-state index is 0.0379. The molecule has 544 valence electrons. The van der Waals surface area contributed by atoms with Gasteiger partial charge in [-0.2, -0.15) is 13.2 Å². The predicted octanol–water partition coefficient (Wildman–Crippen LogP) is 12.8. The van der Waals surface area contributed by atoms with Gasteiger partial charge in [0, 0.05) is 99.9 Å². The fraction of sp³-hybridized carbons (Fsp3) is 0.639. The molecule has 99 heavy (non-hydrogen) atoms. The standard InChI is InChI=1S/C33H48N6O4.C20H28BF3N2O3.C19H29IN4O3/c1-7-24-10-12-38(21-24)30(40)34-26-9-8-23(2)27(20-26)25-18-28(37-14-16-42-17-15-37)35-29(19-25)39-13-11-33(6,22-39)36-31(41)43-32(3,4)5;1-13-6-7-15(10-16(13)21-28-18(2,3)19(4,5)29-21)25-17(27)26-9-8-14(12-26)11-20(22,23)24;1-18(2,3)27-17(25)22-19(4)5-6-24(13-19)16-12-14(20)11-15(21-16)23-7-9-26-10-8-23/h8-9,18-20,24H,7,10-17,21-22H2,1-6H3,(H,34,40)(H,36,41);6-7,10,14H,8-9,11-12H2,1-5H3,(H,25,27);11-12H,5-10,13H2,1-4H3,(H,22,25)/t24-,33+;14-;19-/m100/s1. The van der Waals surface area contributed by atoms with E-state index in [2.05, 4.69) is 128 Å². The van der Waals surface area contributed by atoms with Crippen molar-refractivity contribution in [2.45, 2.75) is 182 Å². The van der Waals surface area contributed by atoms with Gasteiger partial charge in [-0.3, -0.25) is 0 Å². The van der Waals surface area contributed by atoms with Crippen LogP contribution in [-0.2, 0) is 28.3 Å². The van der Waals surface area contributed by atoms with Crippen molar-refractivity contribution in [1.82, 2.24) is 30.4 Å². The Bertz CT molecular complexity index is 3480. The zero-order valence-corrected chi connectivity index (χ0v) is 62.9. The highest BCUT2D eigenvalue weighted by atomic mass is 127. The number of aromatic nitrogens is 2. The van der Waals surface area contributed by atoms with Gasteiger partial charge < -0.3 is 78.9 Å². The van der Waals surface area contributed by atoms with E-state index in [9.17, 15) is 32.3 Å². The fourth-order valence-electron chi connectivity index (χ4n) is 13.2. The van der Waals surface area contributed by atoms with Crippen LogP contribution in [0.4, 0.5) is 67.0 Å². The first-order valence-electron chi connectivity index (χ1n) is 35.0. The van der Waals surface area contributed by atoms with Crippen LogP contribution >= 0.6 is 22.6 Å². The zero-order valence-electron chi connectivity index (χ0n) is 60.7. The van der Waals surface area contributed by atoms with Crippen LogP contribution in [0, 0.1) is 29.3 Å². The van der Waals surface area contributed by atoms with Crippen molar-refractivity contribution in [3.63, 3.8) is 0 Å². The van der Waals surface area contributed by atoms with Gasteiger partial charge in [-0.15, -0.1) is 0 Å². The lowest BCUT2D eigenvalue weighted by molar-refractivity contribution is -0.143. The summed E-state index contributed by atoms with van der Waals surface area (Å²) in [6, 6.07) is 19.6. The smallest absolute Gasteiger partial charge is 0.444 e. The Morgan fingerprint density at radius 1 is 0.586 bits per heavy atom. The number of amides is 6. The lowest BCUT2D eigenvalue weighted by Crippen LogP contribution is -2.49. The van der Waals surface area contributed by atoms with E-state index in [0.29, 0.717) is 50.9 Å². The lowest BCUT2D eigenvalue weighted by Gasteiger charge is -2.32. The van der Waals surface area contributed by atoms with Gasteiger partial charge in [0.05, 0.1) is 48.7 Å². The molecule has 7 saturated heterocycles. The number of ether oxygens (including phenoxy) is 4. The first-order valence-corrected chi connectivity index (χ1v) is 36.0. The monoisotopic (exact) mass is 1490 g/mol. The molecule has 4 N–H and O–H groups in total. The molecule has 0 aliphatic carbocycles. The van der Waals surface area contributed by atoms with Crippen LogP contribution in [-0.4, -0.2) is 196 Å². The molecule has 2 aromatic carbocycles. The second-order valence-electron chi connectivity index (χ2n) is 31.0. The molecular formula is C72H105BF3IN12O10. The Hall–Kier alpha value is -6.56. The molecule has 4 atom stereocenters. The van der Waals surface area contributed by atoms with Gasteiger partial charge in [-0.05, 0) is 228 Å². The number of likely N-dealkylation sites (tertiary alicyclic amines) is 2. The maximum Gasteiger partial charge on any atom is 0.495 e. The van der Waals surface area contributed by atoms with Crippen molar-refractivity contribution >= 4 is 94.1 Å². The van der Waals surface area contributed by atoms with Crippen LogP contribution < -0.4 is 46.3 Å². The summed E-state index contributed by atoms with van der Waals surface area (Å²) < 4.78 is 73.1. The van der Waals surface area contributed by atoms with Crippen molar-refractivity contribution in [3.8, 4) is 11.1 Å². The summed E-state index contributed by atoms with van der Waals surface area (Å²) in [6.07, 6.45) is -1.66. The minimum atomic E-state index is -4.20. The number of hydrogen-bond acceptors (Lipinski definition) is 16. The largest absolute Gasteiger partial charge is 0.495 e. The highest BCUT2D eigenvalue weighted by Gasteiger charge is 2.52. The molecule has 7 aliphatic rings. The first-order chi connectivity index (χ1) is 46.3. The number of carbonyl (C=O) groups is 4. The molecule has 0 radical (unpaired) electrons. The van der Waals surface area contributed by atoms with Gasteiger partial charge in [0.1, 0.15) is 34.5 Å². The number of urea groups is 2. The molecule has 2 aromatic heterocycles. The van der Waals surface area contributed by atoms with Gasteiger partial charge in [-0.25, -0.2) is 29.1 Å². The van der Waals surface area contributed by atoms with E-state index in [0.717, 1.165) is 152 Å². The van der Waals surface area contributed by atoms with E-state index in [1.807, 2.05) is 93.2 Å². The third-order valence-corrected chi connectivity index (χ3v) is 20.1. The molecule has 0 spiro atoms. The molecule has 0 bridgehead atoms. The number of aryl methyl sites for hydroxylation is 2. The fourth-order valence-corrected chi connectivity index (χ4v) is 13.8. The number of alkyl carbamates (subject to hydrolysis) is 2. The van der Waals surface area contributed by atoms with E-state index in [-0.39, 0.29) is 24.2 Å². The maximum absolute atomic E-state index is 13.1. The van der Waals surface area contributed by atoms with Crippen molar-refractivity contribution in [3.05, 3.63) is 75.4 Å². The number of carbonyl (C=O) groups excluding carboxylic acids is 4. The van der Waals surface area contributed by atoms with E-state index < -0.39 is 65.7 Å². The molecule has 11 rings (SSSR count). The predicted molar refractivity (Wildman–Crippen MR) is 392 cm³/mol. The van der Waals surface area contributed by atoms with E-state index >= 15 is 0 Å². The SMILES string of the molecule is CC(C)(C)OC(=O)N[C@@]1(C)CCN(c2cc(I)cc(N3CCOCC3)n2)C1.CC[C@@H]1CCN(C(=O)Nc2ccc(C)c(-c3cc(N4CCOCC4)nc(N4CC[C@](C)(NC(=O)OC(C)(C)C)C4)c3)c2)C1.Cc1ccc(NC(=O)N2CC[C@@H](CC(F)(F)F)C2)cc1B1OC(C)(C)C(C)(C)O1. The average molecular weight is 1490 g/mol. The van der Waals surface area contributed by atoms with Crippen LogP contribution in [0.3, 0.4) is 0 Å². The highest BCUT2D eigenvalue weighted by Crippen LogP contribution is 2.39. The van der Waals surface area contributed by atoms with E-state index in [1.54, 1.807) is 12.1 Å². The molecule has 7 fully saturated rings. The summed E-state index contributed by atoms with van der Waals surface area (Å²) in [5, 5.41) is 12.1. The summed E-state index contributed by atoms with van der Waals surface area (Å²) in [5.41, 5.74) is 3.56. The van der Waals surface area contributed by atoms with Crippen molar-refractivity contribution in [1.29, 1.82) is 0 Å². The summed E-state index contributed by atoms with van der Waals surface area (Å²) >= 11 is 2.34. The summed E-state index contributed by atoms with van der Waals surface area (Å²) in [4.78, 5) is 72.7. The Morgan fingerprint density at radius 2 is 1.01 bits per heavy atom. The molecule has 0 unspecified atom stereocenters. The van der Waals surface area contributed by atoms with Crippen LogP contribution in [0.15, 0.2) is 60.7 Å². The van der Waals surface area contributed by atoms with Crippen molar-refractivity contribution in [2.24, 2.45) is 11.8 Å². The quantitative estimate of drug-likeness (QED) is 0.0766. The molecule has 27 heteroatoms.